The fraction of sp³-hybridized carbons (Fsp3) is 0.208. The van der Waals surface area contributed by atoms with Gasteiger partial charge in [0.2, 0.25) is 0 Å². The van der Waals surface area contributed by atoms with Crippen LogP contribution < -0.4 is 5.32 Å². The van der Waals surface area contributed by atoms with Crippen LogP contribution in [0.1, 0.15) is 28.0 Å². The molecule has 0 saturated heterocycles. The molecule has 2 aromatic carbocycles. The van der Waals surface area contributed by atoms with Crippen molar-refractivity contribution >= 4 is 22.7 Å². The number of fused-ring (bicyclic) bond motifs is 1. The Hall–Kier alpha value is -3.67. The number of carbonyl (C=O) groups is 1. The number of carbonyl (C=O) groups excluding carboxylic acids is 1. The number of hydrogen-bond donors (Lipinski definition) is 1. The summed E-state index contributed by atoms with van der Waals surface area (Å²) in [4.78, 5) is 16.3. The Bertz CT molecular complexity index is 1120. The molecular formula is C24H24N4O2. The van der Waals surface area contributed by atoms with E-state index in [1.807, 2.05) is 53.2 Å². The maximum absolute atomic E-state index is 12.0. The molecule has 2 heterocycles. The quantitative estimate of drug-likeness (QED) is 0.353. The van der Waals surface area contributed by atoms with Gasteiger partial charge in [0.15, 0.2) is 0 Å². The second-order valence-corrected chi connectivity index (χ2v) is 7.06. The smallest absolute Gasteiger partial charge is 0.337 e. The van der Waals surface area contributed by atoms with Crippen LogP contribution in [0.2, 0.25) is 0 Å². The van der Waals surface area contributed by atoms with Crippen LogP contribution in [0.3, 0.4) is 0 Å². The van der Waals surface area contributed by atoms with Gasteiger partial charge < -0.3 is 10.1 Å². The molecule has 4 aromatic rings. The fourth-order valence-corrected chi connectivity index (χ4v) is 3.49. The third-order valence-corrected chi connectivity index (χ3v) is 4.99. The number of anilines is 1. The molecule has 0 atom stereocenters. The third-order valence-electron chi connectivity index (χ3n) is 4.99. The summed E-state index contributed by atoms with van der Waals surface area (Å²) in [6.07, 6.45) is 3.53. The summed E-state index contributed by atoms with van der Waals surface area (Å²) in [5.41, 5.74) is 3.66. The summed E-state index contributed by atoms with van der Waals surface area (Å²) in [7, 11) is 1.40. The molecule has 1 N–H and O–H groups in total. The highest BCUT2D eigenvalue weighted by atomic mass is 16.5. The maximum atomic E-state index is 12.0. The van der Waals surface area contributed by atoms with Gasteiger partial charge in [0.1, 0.15) is 5.82 Å². The summed E-state index contributed by atoms with van der Waals surface area (Å²) in [6, 6.07) is 21.7. The van der Waals surface area contributed by atoms with Gasteiger partial charge in [-0.2, -0.15) is 5.10 Å². The molecule has 6 heteroatoms. The Morgan fingerprint density at radius 1 is 1.07 bits per heavy atom. The van der Waals surface area contributed by atoms with E-state index in [4.69, 9.17) is 9.84 Å². The van der Waals surface area contributed by atoms with Crippen molar-refractivity contribution in [2.75, 3.05) is 19.0 Å². The van der Waals surface area contributed by atoms with Crippen LogP contribution in [-0.2, 0) is 17.7 Å². The minimum absolute atomic E-state index is 0.342. The zero-order valence-electron chi connectivity index (χ0n) is 16.9. The molecule has 0 aliphatic heterocycles. The number of aryl methyl sites for hydroxylation is 1. The van der Waals surface area contributed by atoms with Crippen LogP contribution in [0.5, 0.6) is 0 Å². The van der Waals surface area contributed by atoms with Crippen molar-refractivity contribution in [3.8, 4) is 0 Å². The standard InChI is InChI=1S/C24H24N4O2/c1-30-24(29)19-12-13-20-21(10-7-15-26-23-11-5-6-14-25-23)27-28(22(20)16-19)17-18-8-3-2-4-9-18/h2-6,8-9,11-14,16H,7,10,15,17H2,1H3,(H,25,26). The zero-order chi connectivity index (χ0) is 20.8. The molecule has 0 aliphatic rings. The first-order valence-corrected chi connectivity index (χ1v) is 10.0. The number of nitrogens with one attached hydrogen (secondary N) is 1. The number of nitrogens with zero attached hydrogens (tertiary/aromatic N) is 3. The lowest BCUT2D eigenvalue weighted by Gasteiger charge is -2.05. The summed E-state index contributed by atoms with van der Waals surface area (Å²) in [6.45, 7) is 1.46. The summed E-state index contributed by atoms with van der Waals surface area (Å²) in [5.74, 6) is 0.533. The lowest BCUT2D eigenvalue weighted by atomic mass is 10.1. The predicted molar refractivity (Wildman–Crippen MR) is 118 cm³/mol. The number of hydrogen-bond acceptors (Lipinski definition) is 5. The molecule has 0 fully saturated rings. The largest absolute Gasteiger partial charge is 0.465 e. The molecule has 0 radical (unpaired) electrons. The predicted octanol–water partition coefficient (Wildman–Crippen LogP) is 4.31. The van der Waals surface area contributed by atoms with Gasteiger partial charge in [-0.3, -0.25) is 4.68 Å². The van der Waals surface area contributed by atoms with Crippen LogP contribution in [-0.4, -0.2) is 34.4 Å². The molecule has 0 saturated carbocycles. The van der Waals surface area contributed by atoms with Crippen LogP contribution >= 0.6 is 0 Å². The van der Waals surface area contributed by atoms with Crippen LogP contribution in [0, 0.1) is 0 Å². The first kappa shape index (κ1) is 19.6. The Balaban J connectivity index is 1.56. The second-order valence-electron chi connectivity index (χ2n) is 7.06. The molecule has 30 heavy (non-hydrogen) atoms. The van der Waals surface area contributed by atoms with E-state index in [0.29, 0.717) is 12.1 Å². The molecule has 4 rings (SSSR count). The Labute approximate surface area is 175 Å². The van der Waals surface area contributed by atoms with Crippen molar-refractivity contribution in [3.63, 3.8) is 0 Å². The van der Waals surface area contributed by atoms with Gasteiger partial charge in [0.05, 0.1) is 30.4 Å². The molecule has 0 amide bonds. The van der Waals surface area contributed by atoms with E-state index in [-0.39, 0.29) is 5.97 Å². The number of ether oxygens (including phenoxy) is 1. The van der Waals surface area contributed by atoms with E-state index in [1.165, 1.54) is 7.11 Å². The Kier molecular flexibility index (Phi) is 6.03. The average molecular weight is 400 g/mol. The highest BCUT2D eigenvalue weighted by Gasteiger charge is 2.14. The Morgan fingerprint density at radius 2 is 1.90 bits per heavy atom. The van der Waals surface area contributed by atoms with Gasteiger partial charge in [-0.15, -0.1) is 0 Å². The van der Waals surface area contributed by atoms with E-state index in [2.05, 4.69) is 22.4 Å². The number of benzene rings is 2. The zero-order valence-corrected chi connectivity index (χ0v) is 16.9. The lowest BCUT2D eigenvalue weighted by Crippen LogP contribution is -2.05. The molecule has 0 unspecified atom stereocenters. The minimum Gasteiger partial charge on any atom is -0.465 e. The highest BCUT2D eigenvalue weighted by molar-refractivity contribution is 5.95. The van der Waals surface area contributed by atoms with Crippen LogP contribution in [0.25, 0.3) is 10.9 Å². The highest BCUT2D eigenvalue weighted by Crippen LogP contribution is 2.23. The number of rotatable bonds is 8. The number of esters is 1. The van der Waals surface area contributed by atoms with Crippen molar-refractivity contribution in [1.29, 1.82) is 0 Å². The van der Waals surface area contributed by atoms with Crippen molar-refractivity contribution < 1.29 is 9.53 Å². The van der Waals surface area contributed by atoms with Gasteiger partial charge in [-0.25, -0.2) is 9.78 Å². The van der Waals surface area contributed by atoms with Crippen LogP contribution in [0.4, 0.5) is 5.82 Å². The monoisotopic (exact) mass is 400 g/mol. The molecular weight excluding hydrogens is 376 g/mol. The van der Waals surface area contributed by atoms with Gasteiger partial charge >= 0.3 is 5.97 Å². The van der Waals surface area contributed by atoms with Crippen molar-refractivity contribution in [2.45, 2.75) is 19.4 Å². The maximum Gasteiger partial charge on any atom is 0.337 e. The first-order valence-electron chi connectivity index (χ1n) is 10.0. The van der Waals surface area contributed by atoms with E-state index in [1.54, 1.807) is 12.3 Å². The van der Waals surface area contributed by atoms with E-state index < -0.39 is 0 Å². The lowest BCUT2D eigenvalue weighted by molar-refractivity contribution is 0.0601. The normalized spacial score (nSPS) is 10.8. The van der Waals surface area contributed by atoms with Gasteiger partial charge in [-0.05, 0) is 42.7 Å². The number of methoxy groups -OCH3 is 1. The number of pyridine rings is 1. The topological polar surface area (TPSA) is 69.0 Å². The molecule has 0 aliphatic carbocycles. The van der Waals surface area contributed by atoms with E-state index in [0.717, 1.165) is 47.4 Å². The van der Waals surface area contributed by atoms with Gasteiger partial charge in [0, 0.05) is 18.1 Å². The molecule has 6 nitrogen and oxygen atoms in total. The summed E-state index contributed by atoms with van der Waals surface area (Å²) >= 11 is 0. The molecule has 0 spiro atoms. The Morgan fingerprint density at radius 3 is 2.67 bits per heavy atom. The molecule has 152 valence electrons. The van der Waals surface area contributed by atoms with E-state index in [9.17, 15) is 4.79 Å². The minimum atomic E-state index is -0.342. The summed E-state index contributed by atoms with van der Waals surface area (Å²) < 4.78 is 6.86. The van der Waals surface area contributed by atoms with Crippen LogP contribution in [0.15, 0.2) is 72.9 Å². The van der Waals surface area contributed by atoms with E-state index >= 15 is 0 Å². The third kappa shape index (κ3) is 4.49. The van der Waals surface area contributed by atoms with Crippen molar-refractivity contribution in [1.82, 2.24) is 14.8 Å². The average Bonchev–Trinajstić information content (AvgIpc) is 3.14. The fourth-order valence-electron chi connectivity index (χ4n) is 3.49. The van der Waals surface area contributed by atoms with Crippen molar-refractivity contribution in [3.05, 3.63) is 89.7 Å². The first-order chi connectivity index (χ1) is 14.7. The van der Waals surface area contributed by atoms with Gasteiger partial charge in [-0.1, -0.05) is 42.5 Å². The molecule has 2 aromatic heterocycles. The second kappa shape index (κ2) is 9.22. The van der Waals surface area contributed by atoms with Gasteiger partial charge in [0.25, 0.3) is 0 Å². The molecule has 0 bridgehead atoms. The summed E-state index contributed by atoms with van der Waals surface area (Å²) in [5, 5.41) is 9.28. The SMILES string of the molecule is COC(=O)c1ccc2c(CCCNc3ccccn3)nn(Cc3ccccc3)c2c1. The number of aromatic nitrogens is 3. The van der Waals surface area contributed by atoms with Crippen molar-refractivity contribution in [2.24, 2.45) is 0 Å².